The first kappa shape index (κ1) is 10.6. The fourth-order valence-electron chi connectivity index (χ4n) is 1.70. The maximum atomic E-state index is 8.99. The molecule has 0 aliphatic carbocycles. The van der Waals surface area contributed by atoms with E-state index >= 15 is 0 Å². The van der Waals surface area contributed by atoms with Crippen LogP contribution in [0.4, 0.5) is 0 Å². The molecular formula is C12H16O3. The lowest BCUT2D eigenvalue weighted by Gasteiger charge is -2.29. The van der Waals surface area contributed by atoms with Crippen LogP contribution in [-0.4, -0.2) is 30.7 Å². The van der Waals surface area contributed by atoms with Crippen molar-refractivity contribution in [3.63, 3.8) is 0 Å². The molecule has 0 aromatic heterocycles. The Bertz CT molecular complexity index is 286. The SMILES string of the molecule is OCC1CCOC(Cc2ccccc2)O1. The highest BCUT2D eigenvalue weighted by Gasteiger charge is 2.22. The van der Waals surface area contributed by atoms with Crippen molar-refractivity contribution < 1.29 is 14.6 Å². The lowest BCUT2D eigenvalue weighted by Crippen LogP contribution is -2.35. The highest BCUT2D eigenvalue weighted by molar-refractivity contribution is 5.15. The summed E-state index contributed by atoms with van der Waals surface area (Å²) in [5.74, 6) is 0. The summed E-state index contributed by atoms with van der Waals surface area (Å²) in [4.78, 5) is 0. The molecule has 2 atom stereocenters. The Morgan fingerprint density at radius 3 is 2.80 bits per heavy atom. The minimum Gasteiger partial charge on any atom is -0.394 e. The zero-order valence-electron chi connectivity index (χ0n) is 8.63. The Labute approximate surface area is 89.6 Å². The average molecular weight is 208 g/mol. The third kappa shape index (κ3) is 3.02. The highest BCUT2D eigenvalue weighted by Crippen LogP contribution is 2.16. The first-order valence-electron chi connectivity index (χ1n) is 5.30. The molecule has 1 aliphatic heterocycles. The van der Waals surface area contributed by atoms with Crippen molar-refractivity contribution in [1.82, 2.24) is 0 Å². The van der Waals surface area contributed by atoms with E-state index in [9.17, 15) is 0 Å². The number of rotatable bonds is 3. The lowest BCUT2D eigenvalue weighted by atomic mass is 10.1. The highest BCUT2D eigenvalue weighted by atomic mass is 16.7. The van der Waals surface area contributed by atoms with E-state index in [1.54, 1.807) is 0 Å². The van der Waals surface area contributed by atoms with Crippen molar-refractivity contribution in [3.8, 4) is 0 Å². The molecule has 2 rings (SSSR count). The smallest absolute Gasteiger partial charge is 0.162 e. The second-order valence-electron chi connectivity index (χ2n) is 3.72. The van der Waals surface area contributed by atoms with Crippen LogP contribution in [0.2, 0.25) is 0 Å². The predicted octanol–water partition coefficient (Wildman–Crippen LogP) is 1.35. The average Bonchev–Trinajstić information content (AvgIpc) is 2.31. The van der Waals surface area contributed by atoms with Crippen molar-refractivity contribution in [1.29, 1.82) is 0 Å². The van der Waals surface area contributed by atoms with Crippen molar-refractivity contribution in [2.45, 2.75) is 25.2 Å². The molecule has 0 amide bonds. The monoisotopic (exact) mass is 208 g/mol. The van der Waals surface area contributed by atoms with Gasteiger partial charge in [0.2, 0.25) is 0 Å². The van der Waals surface area contributed by atoms with Gasteiger partial charge in [-0.25, -0.2) is 0 Å². The summed E-state index contributed by atoms with van der Waals surface area (Å²) in [7, 11) is 0. The van der Waals surface area contributed by atoms with Gasteiger partial charge in [0, 0.05) is 6.42 Å². The van der Waals surface area contributed by atoms with Crippen LogP contribution >= 0.6 is 0 Å². The quantitative estimate of drug-likeness (QED) is 0.815. The molecule has 1 aromatic carbocycles. The van der Waals surface area contributed by atoms with Gasteiger partial charge in [0.15, 0.2) is 6.29 Å². The number of benzene rings is 1. The maximum absolute atomic E-state index is 8.99. The minimum atomic E-state index is -0.210. The molecule has 2 unspecified atom stereocenters. The summed E-state index contributed by atoms with van der Waals surface area (Å²) >= 11 is 0. The molecule has 0 bridgehead atoms. The van der Waals surface area contributed by atoms with E-state index in [1.165, 1.54) is 5.56 Å². The molecular weight excluding hydrogens is 192 g/mol. The van der Waals surface area contributed by atoms with Crippen LogP contribution in [0.25, 0.3) is 0 Å². The molecule has 1 aromatic rings. The Morgan fingerprint density at radius 2 is 2.07 bits per heavy atom. The van der Waals surface area contributed by atoms with Crippen LogP contribution in [0.15, 0.2) is 30.3 Å². The zero-order valence-corrected chi connectivity index (χ0v) is 8.63. The van der Waals surface area contributed by atoms with Gasteiger partial charge >= 0.3 is 0 Å². The summed E-state index contributed by atoms with van der Waals surface area (Å²) < 4.78 is 11.0. The molecule has 1 aliphatic rings. The fraction of sp³-hybridized carbons (Fsp3) is 0.500. The Hall–Kier alpha value is -0.900. The minimum absolute atomic E-state index is 0.0625. The molecule has 1 fully saturated rings. The zero-order chi connectivity index (χ0) is 10.5. The summed E-state index contributed by atoms with van der Waals surface area (Å²) in [5, 5.41) is 8.99. The maximum Gasteiger partial charge on any atom is 0.162 e. The molecule has 0 spiro atoms. The molecule has 3 nitrogen and oxygen atoms in total. The van der Waals surface area contributed by atoms with E-state index in [1.807, 2.05) is 18.2 Å². The molecule has 1 saturated heterocycles. The van der Waals surface area contributed by atoms with Crippen molar-refractivity contribution in [2.24, 2.45) is 0 Å². The Kier molecular flexibility index (Phi) is 3.72. The van der Waals surface area contributed by atoms with Crippen molar-refractivity contribution in [3.05, 3.63) is 35.9 Å². The van der Waals surface area contributed by atoms with E-state index < -0.39 is 0 Å². The standard InChI is InChI=1S/C12H16O3/c13-9-11-6-7-14-12(15-11)8-10-4-2-1-3-5-10/h1-5,11-13H,6-9H2. The first-order chi connectivity index (χ1) is 7.38. The van der Waals surface area contributed by atoms with Gasteiger partial charge in [-0.15, -0.1) is 0 Å². The summed E-state index contributed by atoms with van der Waals surface area (Å²) in [6.07, 6.45) is 1.25. The van der Waals surface area contributed by atoms with E-state index in [-0.39, 0.29) is 19.0 Å². The van der Waals surface area contributed by atoms with Crippen LogP contribution < -0.4 is 0 Å². The second kappa shape index (κ2) is 5.26. The van der Waals surface area contributed by atoms with Gasteiger partial charge in [0.05, 0.1) is 19.3 Å². The largest absolute Gasteiger partial charge is 0.394 e. The van der Waals surface area contributed by atoms with Crippen LogP contribution in [0, 0.1) is 0 Å². The van der Waals surface area contributed by atoms with E-state index in [4.69, 9.17) is 14.6 Å². The summed E-state index contributed by atoms with van der Waals surface area (Å²) in [6, 6.07) is 10.1. The third-order valence-corrected chi connectivity index (χ3v) is 2.54. The topological polar surface area (TPSA) is 38.7 Å². The van der Waals surface area contributed by atoms with Gasteiger partial charge in [-0.3, -0.25) is 0 Å². The Balaban J connectivity index is 1.89. The predicted molar refractivity (Wildman–Crippen MR) is 56.5 cm³/mol. The van der Waals surface area contributed by atoms with Gasteiger partial charge in [-0.05, 0) is 12.0 Å². The van der Waals surface area contributed by atoms with E-state index in [2.05, 4.69) is 12.1 Å². The van der Waals surface area contributed by atoms with Gasteiger partial charge in [0.25, 0.3) is 0 Å². The normalized spacial score (nSPS) is 26.5. The molecule has 0 saturated carbocycles. The van der Waals surface area contributed by atoms with Crippen LogP contribution in [-0.2, 0) is 15.9 Å². The van der Waals surface area contributed by atoms with Crippen LogP contribution in [0.1, 0.15) is 12.0 Å². The summed E-state index contributed by atoms with van der Waals surface area (Å²) in [5.41, 5.74) is 1.20. The van der Waals surface area contributed by atoms with Gasteiger partial charge < -0.3 is 14.6 Å². The van der Waals surface area contributed by atoms with E-state index in [0.717, 1.165) is 12.8 Å². The number of aliphatic hydroxyl groups is 1. The fourth-order valence-corrected chi connectivity index (χ4v) is 1.70. The van der Waals surface area contributed by atoms with Crippen LogP contribution in [0.5, 0.6) is 0 Å². The van der Waals surface area contributed by atoms with Crippen molar-refractivity contribution in [2.75, 3.05) is 13.2 Å². The molecule has 0 radical (unpaired) electrons. The van der Waals surface area contributed by atoms with Crippen LogP contribution in [0.3, 0.4) is 0 Å². The number of ether oxygens (including phenoxy) is 2. The molecule has 82 valence electrons. The second-order valence-corrected chi connectivity index (χ2v) is 3.72. The lowest BCUT2D eigenvalue weighted by molar-refractivity contribution is -0.218. The number of hydrogen-bond acceptors (Lipinski definition) is 3. The van der Waals surface area contributed by atoms with Crippen molar-refractivity contribution >= 4 is 0 Å². The third-order valence-electron chi connectivity index (χ3n) is 2.54. The van der Waals surface area contributed by atoms with E-state index in [0.29, 0.717) is 6.61 Å². The van der Waals surface area contributed by atoms with Gasteiger partial charge in [0.1, 0.15) is 0 Å². The van der Waals surface area contributed by atoms with Gasteiger partial charge in [-0.1, -0.05) is 30.3 Å². The van der Waals surface area contributed by atoms with Gasteiger partial charge in [-0.2, -0.15) is 0 Å². The molecule has 15 heavy (non-hydrogen) atoms. The number of hydrogen-bond donors (Lipinski definition) is 1. The molecule has 1 heterocycles. The Morgan fingerprint density at radius 1 is 1.27 bits per heavy atom. The summed E-state index contributed by atoms with van der Waals surface area (Å²) in [6.45, 7) is 0.747. The first-order valence-corrected chi connectivity index (χ1v) is 5.30. The number of aliphatic hydroxyl groups excluding tert-OH is 1. The molecule has 1 N–H and O–H groups in total. The molecule has 3 heteroatoms.